The van der Waals surface area contributed by atoms with E-state index in [1.54, 1.807) is 4.90 Å². The molecule has 1 aliphatic rings. The van der Waals surface area contributed by atoms with E-state index in [1.807, 2.05) is 37.3 Å². The van der Waals surface area contributed by atoms with Crippen molar-refractivity contribution in [2.45, 2.75) is 25.8 Å². The van der Waals surface area contributed by atoms with Crippen molar-refractivity contribution in [1.82, 2.24) is 10.2 Å². The molecule has 6 nitrogen and oxygen atoms in total. The molecule has 1 fully saturated rings. The Morgan fingerprint density at radius 3 is 2.91 bits per heavy atom. The van der Waals surface area contributed by atoms with Gasteiger partial charge in [-0.25, -0.2) is 4.79 Å². The lowest BCUT2D eigenvalue weighted by Gasteiger charge is -2.31. The summed E-state index contributed by atoms with van der Waals surface area (Å²) in [4.78, 5) is 25.0. The highest BCUT2D eigenvalue weighted by Gasteiger charge is 2.29. The molecule has 1 unspecified atom stereocenters. The van der Waals surface area contributed by atoms with Crippen LogP contribution in [0.2, 0.25) is 0 Å². The van der Waals surface area contributed by atoms with Crippen LogP contribution in [0.15, 0.2) is 34.7 Å². The Morgan fingerprint density at radius 1 is 1.39 bits per heavy atom. The molecular weight excluding hydrogens is 296 g/mol. The summed E-state index contributed by atoms with van der Waals surface area (Å²) in [5, 5.41) is 13.0. The number of carboxylic acid groups (broad SMARTS) is 1. The molecule has 0 saturated carbocycles. The number of fused-ring (bicyclic) bond motifs is 1. The Labute approximate surface area is 134 Å². The zero-order valence-electron chi connectivity index (χ0n) is 13.0. The van der Waals surface area contributed by atoms with E-state index in [1.165, 1.54) is 0 Å². The number of nitrogens with zero attached hydrogens (tertiary/aromatic N) is 1. The van der Waals surface area contributed by atoms with Crippen molar-refractivity contribution in [3.63, 3.8) is 0 Å². The lowest BCUT2D eigenvalue weighted by Crippen LogP contribution is -2.47. The minimum Gasteiger partial charge on any atom is -0.481 e. The maximum atomic E-state index is 12.3. The fourth-order valence-corrected chi connectivity index (χ4v) is 2.93. The van der Waals surface area contributed by atoms with Gasteiger partial charge in [-0.15, -0.1) is 0 Å². The topological polar surface area (TPSA) is 82.8 Å². The van der Waals surface area contributed by atoms with Gasteiger partial charge in [0.25, 0.3) is 0 Å². The number of urea groups is 1. The number of carboxylic acids is 1. The number of rotatable bonds is 3. The molecule has 23 heavy (non-hydrogen) atoms. The van der Waals surface area contributed by atoms with Crippen molar-refractivity contribution in [2.75, 3.05) is 13.1 Å². The molecular formula is C17H20N2O4. The highest BCUT2D eigenvalue weighted by atomic mass is 16.4. The summed E-state index contributed by atoms with van der Waals surface area (Å²) >= 11 is 0. The fraction of sp³-hybridized carbons (Fsp3) is 0.412. The highest BCUT2D eigenvalue weighted by molar-refractivity contribution is 5.79. The number of nitrogens with one attached hydrogen (secondary N) is 1. The van der Waals surface area contributed by atoms with Crippen LogP contribution in [0.4, 0.5) is 4.79 Å². The molecule has 2 amide bonds. The molecule has 2 aromatic rings. The highest BCUT2D eigenvalue weighted by Crippen LogP contribution is 2.24. The predicted molar refractivity (Wildman–Crippen MR) is 85.1 cm³/mol. The number of hydrogen-bond donors (Lipinski definition) is 2. The molecule has 2 atom stereocenters. The maximum absolute atomic E-state index is 12.3. The molecule has 1 aromatic heterocycles. The summed E-state index contributed by atoms with van der Waals surface area (Å²) in [5.41, 5.74) is 0.785. The number of furan rings is 1. The van der Waals surface area contributed by atoms with Crippen LogP contribution in [0.25, 0.3) is 11.0 Å². The van der Waals surface area contributed by atoms with Gasteiger partial charge in [0, 0.05) is 18.5 Å². The Hall–Kier alpha value is -2.50. The molecule has 122 valence electrons. The van der Waals surface area contributed by atoms with Gasteiger partial charge in [-0.1, -0.05) is 18.2 Å². The second-order valence-corrected chi connectivity index (χ2v) is 5.98. The lowest BCUT2D eigenvalue weighted by molar-refractivity contribution is -0.143. The summed E-state index contributed by atoms with van der Waals surface area (Å²) in [5.74, 6) is -0.629. The van der Waals surface area contributed by atoms with Gasteiger partial charge in [0.2, 0.25) is 0 Å². The van der Waals surface area contributed by atoms with E-state index in [-0.39, 0.29) is 18.6 Å². The number of piperidine rings is 1. The van der Waals surface area contributed by atoms with Crippen LogP contribution in [0.1, 0.15) is 31.6 Å². The van der Waals surface area contributed by atoms with Crippen LogP contribution in [-0.2, 0) is 4.79 Å². The van der Waals surface area contributed by atoms with Gasteiger partial charge in [0.15, 0.2) is 0 Å². The van der Waals surface area contributed by atoms with Gasteiger partial charge in [-0.2, -0.15) is 0 Å². The van der Waals surface area contributed by atoms with Crippen LogP contribution >= 0.6 is 0 Å². The first-order valence-corrected chi connectivity index (χ1v) is 7.81. The minimum atomic E-state index is -0.840. The van der Waals surface area contributed by atoms with Crippen molar-refractivity contribution in [1.29, 1.82) is 0 Å². The van der Waals surface area contributed by atoms with Crippen LogP contribution < -0.4 is 5.32 Å². The normalized spacial score (nSPS) is 19.5. The number of hydrogen-bond acceptors (Lipinski definition) is 3. The number of aliphatic carboxylic acids is 1. The van der Waals surface area contributed by atoms with Crippen molar-refractivity contribution < 1.29 is 19.1 Å². The fourth-order valence-electron chi connectivity index (χ4n) is 2.93. The van der Waals surface area contributed by atoms with E-state index < -0.39 is 11.9 Å². The number of carbonyl (C=O) groups excluding carboxylic acids is 1. The average Bonchev–Trinajstić information content (AvgIpc) is 2.99. The molecule has 2 N–H and O–H groups in total. The van der Waals surface area contributed by atoms with Crippen molar-refractivity contribution in [3.8, 4) is 0 Å². The molecule has 1 aromatic carbocycles. The predicted octanol–water partition coefficient (Wildman–Crippen LogP) is 3.00. The standard InChI is InChI=1S/C17H20N2O4/c1-11(15-9-12-5-2-3-7-14(12)23-15)18-17(22)19-8-4-6-13(10-19)16(20)21/h2-3,5,7,9,11,13H,4,6,8,10H2,1H3,(H,18,22)(H,20,21)/t11-,13?/m1/s1. The minimum absolute atomic E-state index is 0.246. The van der Waals surface area contributed by atoms with Crippen molar-refractivity contribution in [2.24, 2.45) is 5.92 Å². The number of likely N-dealkylation sites (tertiary alicyclic amines) is 1. The third-order valence-electron chi connectivity index (χ3n) is 4.27. The Morgan fingerprint density at radius 2 is 2.17 bits per heavy atom. The number of carbonyl (C=O) groups is 2. The van der Waals surface area contributed by atoms with E-state index in [0.717, 1.165) is 11.0 Å². The van der Waals surface area contributed by atoms with E-state index in [4.69, 9.17) is 9.52 Å². The van der Waals surface area contributed by atoms with Gasteiger partial charge in [0.1, 0.15) is 11.3 Å². The quantitative estimate of drug-likeness (QED) is 0.912. The first kappa shape index (κ1) is 15.4. The van der Waals surface area contributed by atoms with Gasteiger partial charge < -0.3 is 19.7 Å². The van der Waals surface area contributed by atoms with Crippen LogP contribution in [0.5, 0.6) is 0 Å². The molecule has 1 saturated heterocycles. The molecule has 0 radical (unpaired) electrons. The molecule has 2 heterocycles. The van der Waals surface area contributed by atoms with Gasteiger partial charge >= 0.3 is 12.0 Å². The van der Waals surface area contributed by atoms with Crippen LogP contribution in [0, 0.1) is 5.92 Å². The molecule has 3 rings (SSSR count). The zero-order valence-corrected chi connectivity index (χ0v) is 13.0. The first-order chi connectivity index (χ1) is 11.0. The molecule has 1 aliphatic heterocycles. The Balaban J connectivity index is 1.65. The summed E-state index contributed by atoms with van der Waals surface area (Å²) < 4.78 is 5.75. The number of benzene rings is 1. The average molecular weight is 316 g/mol. The van der Waals surface area contributed by atoms with E-state index in [0.29, 0.717) is 25.1 Å². The summed E-state index contributed by atoms with van der Waals surface area (Å²) in [6, 6.07) is 9.07. The van der Waals surface area contributed by atoms with E-state index in [9.17, 15) is 9.59 Å². The monoisotopic (exact) mass is 316 g/mol. The summed E-state index contributed by atoms with van der Waals surface area (Å²) in [6.07, 6.45) is 1.33. The second-order valence-electron chi connectivity index (χ2n) is 5.98. The van der Waals surface area contributed by atoms with E-state index in [2.05, 4.69) is 5.32 Å². The lowest BCUT2D eigenvalue weighted by atomic mass is 9.99. The molecule has 0 bridgehead atoms. The maximum Gasteiger partial charge on any atom is 0.318 e. The SMILES string of the molecule is C[C@@H](NC(=O)N1CCCC(C(=O)O)C1)c1cc2ccccc2o1. The van der Waals surface area contributed by atoms with Crippen molar-refractivity contribution in [3.05, 3.63) is 36.1 Å². The van der Waals surface area contributed by atoms with Gasteiger partial charge in [-0.05, 0) is 31.9 Å². The summed E-state index contributed by atoms with van der Waals surface area (Å²) in [7, 11) is 0. The molecule has 0 aliphatic carbocycles. The van der Waals surface area contributed by atoms with Gasteiger partial charge in [-0.3, -0.25) is 4.79 Å². The molecule has 6 heteroatoms. The van der Waals surface area contributed by atoms with Crippen LogP contribution in [-0.4, -0.2) is 35.1 Å². The first-order valence-electron chi connectivity index (χ1n) is 7.81. The largest absolute Gasteiger partial charge is 0.481 e. The number of amides is 2. The van der Waals surface area contributed by atoms with E-state index >= 15 is 0 Å². The van der Waals surface area contributed by atoms with Crippen LogP contribution in [0.3, 0.4) is 0 Å². The van der Waals surface area contributed by atoms with Crippen molar-refractivity contribution >= 4 is 23.0 Å². The summed E-state index contributed by atoms with van der Waals surface area (Å²) in [6.45, 7) is 2.70. The number of para-hydroxylation sites is 1. The third kappa shape index (κ3) is 3.31. The third-order valence-corrected chi connectivity index (χ3v) is 4.27. The Bertz CT molecular complexity index is 691. The smallest absolute Gasteiger partial charge is 0.318 e. The second kappa shape index (κ2) is 6.32. The zero-order chi connectivity index (χ0) is 16.4. The molecule has 0 spiro atoms. The Kier molecular flexibility index (Phi) is 4.23. The van der Waals surface area contributed by atoms with Gasteiger partial charge in [0.05, 0.1) is 12.0 Å².